The van der Waals surface area contributed by atoms with Gasteiger partial charge >= 0.3 is 11.9 Å². The fraction of sp³-hybridized carbons (Fsp3) is 0.545. The normalized spacial score (nSPS) is 33.8. The van der Waals surface area contributed by atoms with Gasteiger partial charge in [-0.1, -0.05) is 43.2 Å². The number of nitrogens with zero attached hydrogens (tertiary/aromatic N) is 2. The molecule has 0 radical (unpaired) electrons. The number of piperidine rings is 3. The molecule has 6 heterocycles. The molecule has 6 bridgehead atoms. The Labute approximate surface area is 317 Å². The number of hydrogen-bond acceptors (Lipinski definition) is 8. The largest absolute Gasteiger partial charge is 0.496 e. The summed E-state index contributed by atoms with van der Waals surface area (Å²) in [4.78, 5) is 41.0. The van der Waals surface area contributed by atoms with Gasteiger partial charge in [-0.15, -0.1) is 0 Å². The minimum Gasteiger partial charge on any atom is -0.496 e. The van der Waals surface area contributed by atoms with E-state index < -0.39 is 10.8 Å². The molecule has 54 heavy (non-hydrogen) atoms. The van der Waals surface area contributed by atoms with Crippen molar-refractivity contribution in [2.45, 2.75) is 75.8 Å². The van der Waals surface area contributed by atoms with Crippen LogP contribution in [0, 0.1) is 23.2 Å². The van der Waals surface area contributed by atoms with Crippen molar-refractivity contribution in [3.8, 4) is 5.75 Å². The minimum atomic E-state index is -1.17. The summed E-state index contributed by atoms with van der Waals surface area (Å²) in [5.74, 6) is 0.625. The van der Waals surface area contributed by atoms with E-state index in [0.717, 1.165) is 94.4 Å². The van der Waals surface area contributed by atoms with Gasteiger partial charge in [0, 0.05) is 82.3 Å². The molecule has 3 N–H and O–H groups in total. The second-order valence-electron chi connectivity index (χ2n) is 16.8. The van der Waals surface area contributed by atoms with E-state index in [1.807, 2.05) is 13.0 Å². The number of rotatable bonds is 6. The predicted molar refractivity (Wildman–Crippen MR) is 208 cm³/mol. The number of allylic oxidation sites excluding steroid dienone is 1. The molecule has 2 aliphatic carbocycles. The lowest BCUT2D eigenvalue weighted by Crippen LogP contribution is -2.67. The summed E-state index contributed by atoms with van der Waals surface area (Å²) in [6.07, 6.45) is 7.07. The summed E-state index contributed by atoms with van der Waals surface area (Å²) >= 11 is 0. The summed E-state index contributed by atoms with van der Waals surface area (Å²) in [6, 6.07) is 12.6. The average molecular weight is 735 g/mol. The van der Waals surface area contributed by atoms with Gasteiger partial charge in [0.15, 0.2) is 0 Å². The number of aliphatic hydroxyl groups excluding tert-OH is 1. The van der Waals surface area contributed by atoms with Crippen molar-refractivity contribution in [3.63, 3.8) is 0 Å². The number of aromatic amines is 2. The molecule has 3 saturated heterocycles. The van der Waals surface area contributed by atoms with Crippen LogP contribution in [0.1, 0.15) is 73.5 Å². The third-order valence-electron chi connectivity index (χ3n) is 14.8. The van der Waals surface area contributed by atoms with E-state index in [2.05, 4.69) is 70.1 Å². The van der Waals surface area contributed by atoms with E-state index >= 15 is 0 Å². The molecule has 2 aromatic carbocycles. The molecule has 1 unspecified atom stereocenters. The number of para-hydroxylation sites is 1. The van der Waals surface area contributed by atoms with E-state index in [1.54, 1.807) is 14.2 Å². The van der Waals surface area contributed by atoms with E-state index in [4.69, 9.17) is 14.2 Å². The SMILES string of the molecule is C/C=C1/CN(C)[C@H]2Cc3c([nH]c4ccccc34)[C@H](c3cc4[nH]c5c(c4cc3OC)CCN3C[C@H]4C[C@H](CC)[C@H]3[C@@]5(C(=O)OC)C4)C[C@H]1[C@]2(CO)C(=O)OC. The van der Waals surface area contributed by atoms with Crippen molar-refractivity contribution in [2.24, 2.45) is 23.2 Å². The van der Waals surface area contributed by atoms with Gasteiger partial charge in [0.25, 0.3) is 0 Å². The standard InChI is InChI=1S/C44H54N4O6/c1-7-25-15-24-20-43(41(50)53-5)39-28(13-14-48(21-24)40(25)43)29-18-36(52-4)30(17-35(29)46-39)31-16-33-26(8-2)22-47(3)37(44(33,23-49)42(51)54-6)19-32-27-11-9-10-12-34(27)45-38(31)32/h8-12,17-18,24-25,31,33,37,40,45-46,49H,7,13-16,19-23H2,1-6H3/b26-8-/t24-,25-,31-,33+,37-,40-,43+,44-/m0/s1. The number of methoxy groups -OCH3 is 3. The molecule has 0 amide bonds. The lowest BCUT2D eigenvalue weighted by atomic mass is 9.56. The third-order valence-corrected chi connectivity index (χ3v) is 14.8. The Balaban J connectivity index is 1.29. The second-order valence-corrected chi connectivity index (χ2v) is 16.8. The number of carbonyl (C=O) groups is 2. The Morgan fingerprint density at radius 3 is 2.54 bits per heavy atom. The smallest absolute Gasteiger partial charge is 0.319 e. The summed E-state index contributed by atoms with van der Waals surface area (Å²) in [7, 11) is 6.77. The molecule has 2 aromatic heterocycles. The molecule has 4 aliphatic heterocycles. The maximum absolute atomic E-state index is 14.3. The van der Waals surface area contributed by atoms with E-state index in [0.29, 0.717) is 31.2 Å². The van der Waals surface area contributed by atoms with Crippen molar-refractivity contribution >= 4 is 33.7 Å². The van der Waals surface area contributed by atoms with Crippen LogP contribution in [0.25, 0.3) is 21.8 Å². The Hall–Kier alpha value is -4.12. The minimum absolute atomic E-state index is 0.0942. The van der Waals surface area contributed by atoms with Crippen LogP contribution in [0.5, 0.6) is 5.75 Å². The highest BCUT2D eigenvalue weighted by Gasteiger charge is 2.63. The van der Waals surface area contributed by atoms with Crippen LogP contribution in [0.3, 0.4) is 0 Å². The first-order valence-electron chi connectivity index (χ1n) is 19.9. The number of aromatic nitrogens is 2. The lowest BCUT2D eigenvalue weighted by molar-refractivity contribution is -0.169. The van der Waals surface area contributed by atoms with Crippen LogP contribution in [-0.4, -0.2) is 104 Å². The maximum Gasteiger partial charge on any atom is 0.319 e. The van der Waals surface area contributed by atoms with Gasteiger partial charge in [-0.3, -0.25) is 19.4 Å². The molecule has 0 spiro atoms. The molecule has 1 saturated carbocycles. The van der Waals surface area contributed by atoms with Gasteiger partial charge in [0.05, 0.1) is 27.9 Å². The maximum atomic E-state index is 14.3. The van der Waals surface area contributed by atoms with Crippen LogP contribution < -0.4 is 4.74 Å². The number of benzene rings is 2. The fourth-order valence-corrected chi connectivity index (χ4v) is 12.6. The number of hydrogen-bond donors (Lipinski definition) is 3. The number of nitrogens with one attached hydrogen (secondary N) is 2. The lowest BCUT2D eigenvalue weighted by Gasteiger charge is -2.57. The zero-order valence-electron chi connectivity index (χ0n) is 32.5. The predicted octanol–water partition coefficient (Wildman–Crippen LogP) is 5.85. The van der Waals surface area contributed by atoms with Crippen LogP contribution in [0.15, 0.2) is 48.0 Å². The monoisotopic (exact) mass is 734 g/mol. The Bertz CT molecular complexity index is 2190. The van der Waals surface area contributed by atoms with Crippen molar-refractivity contribution in [3.05, 3.63) is 76.1 Å². The summed E-state index contributed by atoms with van der Waals surface area (Å²) in [5.41, 5.74) is 6.67. The van der Waals surface area contributed by atoms with Crippen molar-refractivity contribution in [1.82, 2.24) is 19.8 Å². The number of aliphatic hydroxyl groups is 1. The zero-order chi connectivity index (χ0) is 37.7. The molecule has 10 rings (SSSR count). The van der Waals surface area contributed by atoms with Crippen molar-refractivity contribution < 1.29 is 28.9 Å². The van der Waals surface area contributed by atoms with Crippen LogP contribution in [-0.2, 0) is 37.3 Å². The molecular weight excluding hydrogens is 681 g/mol. The first-order chi connectivity index (χ1) is 26.2. The summed E-state index contributed by atoms with van der Waals surface area (Å²) in [5, 5.41) is 13.6. The topological polar surface area (TPSA) is 120 Å². The highest BCUT2D eigenvalue weighted by atomic mass is 16.5. The van der Waals surface area contributed by atoms with E-state index in [-0.39, 0.29) is 42.5 Å². The number of carbonyl (C=O) groups excluding carboxylic acids is 2. The highest BCUT2D eigenvalue weighted by molar-refractivity contribution is 5.93. The Kier molecular flexibility index (Phi) is 8.56. The zero-order valence-corrected chi connectivity index (χ0v) is 32.5. The highest BCUT2D eigenvalue weighted by Crippen LogP contribution is 2.57. The number of likely N-dealkylation sites (N-methyl/N-ethyl adjacent to an activating group) is 1. The second kappa shape index (κ2) is 13.0. The van der Waals surface area contributed by atoms with Crippen molar-refractivity contribution in [1.29, 1.82) is 0 Å². The van der Waals surface area contributed by atoms with Gasteiger partial charge in [-0.05, 0) is 87.2 Å². The van der Waals surface area contributed by atoms with E-state index in [1.165, 1.54) is 12.7 Å². The molecule has 4 fully saturated rings. The van der Waals surface area contributed by atoms with E-state index in [9.17, 15) is 14.7 Å². The van der Waals surface area contributed by atoms with Gasteiger partial charge in [0.2, 0.25) is 0 Å². The Morgan fingerprint density at radius 2 is 1.81 bits per heavy atom. The molecule has 286 valence electrons. The number of ether oxygens (including phenoxy) is 3. The van der Waals surface area contributed by atoms with Crippen LogP contribution >= 0.6 is 0 Å². The molecule has 4 aromatic rings. The number of H-pyrrole nitrogens is 2. The van der Waals surface area contributed by atoms with Crippen LogP contribution in [0.4, 0.5) is 0 Å². The average Bonchev–Trinajstić information content (AvgIpc) is 3.72. The number of fused-ring (bicyclic) bond motifs is 9. The molecular formula is C44H54N4O6. The number of likely N-dealkylation sites (tertiary alicyclic amines) is 1. The Morgan fingerprint density at radius 1 is 1.02 bits per heavy atom. The molecule has 10 heteroatoms. The first kappa shape index (κ1) is 35.6. The summed E-state index contributed by atoms with van der Waals surface area (Å²) < 4.78 is 17.7. The molecule has 6 aliphatic rings. The summed E-state index contributed by atoms with van der Waals surface area (Å²) in [6.45, 7) is 6.61. The van der Waals surface area contributed by atoms with Crippen molar-refractivity contribution in [2.75, 3.05) is 54.6 Å². The van der Waals surface area contributed by atoms with Gasteiger partial charge in [0.1, 0.15) is 16.6 Å². The number of esters is 2. The quantitative estimate of drug-likeness (QED) is 0.167. The molecule has 10 nitrogen and oxygen atoms in total. The fourth-order valence-electron chi connectivity index (χ4n) is 12.6. The van der Waals surface area contributed by atoms with Gasteiger partial charge < -0.3 is 29.3 Å². The van der Waals surface area contributed by atoms with Gasteiger partial charge in [-0.25, -0.2) is 0 Å². The first-order valence-corrected chi connectivity index (χ1v) is 19.9. The third kappa shape index (κ3) is 4.68. The van der Waals surface area contributed by atoms with Crippen LogP contribution in [0.2, 0.25) is 0 Å². The van der Waals surface area contributed by atoms with Gasteiger partial charge in [-0.2, -0.15) is 0 Å². The molecule has 9 atom stereocenters.